The molecule has 0 aliphatic carbocycles. The molecule has 0 aliphatic rings. The van der Waals surface area contributed by atoms with Crippen molar-refractivity contribution in [3.8, 4) is 0 Å². The Kier molecular flexibility index (Phi) is 7.94. The van der Waals surface area contributed by atoms with Gasteiger partial charge in [-0.05, 0) is 70.3 Å². The minimum Gasteiger partial charge on any atom is -0.444 e. The maximum absolute atomic E-state index is 13.5. The Morgan fingerprint density at radius 1 is 1.10 bits per heavy atom. The van der Waals surface area contributed by atoms with Crippen LogP contribution >= 0.6 is 0 Å². The lowest BCUT2D eigenvalue weighted by atomic mass is 10.1. The van der Waals surface area contributed by atoms with Crippen LogP contribution < -0.4 is 10.6 Å². The number of likely N-dealkylation sites (N-methyl/N-ethyl adjacent to an activating group) is 1. The molecule has 2 N–H and O–H groups in total. The topological polar surface area (TPSA) is 70.7 Å². The molecular weight excluding hydrogens is 385 g/mol. The molecule has 30 heavy (non-hydrogen) atoms. The van der Waals surface area contributed by atoms with E-state index in [0.717, 1.165) is 11.1 Å². The van der Waals surface area contributed by atoms with Crippen LogP contribution in [0.25, 0.3) is 0 Å². The number of benzene rings is 2. The second-order valence-corrected chi connectivity index (χ2v) is 8.34. The van der Waals surface area contributed by atoms with Gasteiger partial charge in [0.2, 0.25) is 5.91 Å². The first-order chi connectivity index (χ1) is 14.0. The number of anilines is 1. The van der Waals surface area contributed by atoms with Crippen LogP contribution in [0.15, 0.2) is 48.5 Å². The predicted octanol–water partition coefficient (Wildman–Crippen LogP) is 4.13. The first-order valence-electron chi connectivity index (χ1n) is 9.81. The molecule has 0 saturated heterocycles. The average Bonchev–Trinajstić information content (AvgIpc) is 2.61. The summed E-state index contributed by atoms with van der Waals surface area (Å²) in [7, 11) is 3.77. The third-order valence-electron chi connectivity index (χ3n) is 4.31. The highest BCUT2D eigenvalue weighted by Crippen LogP contribution is 2.18. The SMILES string of the molecule is CN(C)[C@@H](CNC(=O)Cc1ccc(NC(=O)OC(C)(C)C)cc1)c1cccc(F)c1. The van der Waals surface area contributed by atoms with Gasteiger partial charge >= 0.3 is 6.09 Å². The van der Waals surface area contributed by atoms with E-state index in [-0.39, 0.29) is 24.2 Å². The zero-order chi connectivity index (χ0) is 22.3. The standard InChI is InChI=1S/C23H30FN3O3/c1-23(2,3)30-22(29)26-19-11-9-16(10-12-19)13-21(28)25-15-20(27(4)5)17-7-6-8-18(24)14-17/h6-12,14,20H,13,15H2,1-5H3,(H,25,28)(H,26,29)/t20-/m0/s1. The number of hydrogen-bond acceptors (Lipinski definition) is 4. The van der Waals surface area contributed by atoms with Crippen molar-refractivity contribution in [2.24, 2.45) is 0 Å². The van der Waals surface area contributed by atoms with Gasteiger partial charge < -0.3 is 15.0 Å². The Morgan fingerprint density at radius 3 is 2.33 bits per heavy atom. The van der Waals surface area contributed by atoms with Crippen molar-refractivity contribution in [3.63, 3.8) is 0 Å². The van der Waals surface area contributed by atoms with E-state index in [0.29, 0.717) is 12.2 Å². The van der Waals surface area contributed by atoms with Gasteiger partial charge in [0.05, 0.1) is 12.5 Å². The monoisotopic (exact) mass is 415 g/mol. The number of halogens is 1. The van der Waals surface area contributed by atoms with E-state index >= 15 is 0 Å². The third kappa shape index (κ3) is 7.83. The summed E-state index contributed by atoms with van der Waals surface area (Å²) in [5, 5.41) is 5.57. The van der Waals surface area contributed by atoms with Crippen molar-refractivity contribution in [1.29, 1.82) is 0 Å². The van der Waals surface area contributed by atoms with E-state index in [2.05, 4.69) is 10.6 Å². The Bertz CT molecular complexity index is 861. The number of nitrogens with zero attached hydrogens (tertiary/aromatic N) is 1. The molecule has 2 aromatic carbocycles. The first kappa shape index (κ1) is 23.3. The van der Waals surface area contributed by atoms with E-state index in [9.17, 15) is 14.0 Å². The summed E-state index contributed by atoms with van der Waals surface area (Å²) in [4.78, 5) is 26.1. The van der Waals surface area contributed by atoms with Crippen molar-refractivity contribution in [2.45, 2.75) is 38.8 Å². The summed E-state index contributed by atoms with van der Waals surface area (Å²) in [6, 6.07) is 13.3. The molecule has 0 aromatic heterocycles. The van der Waals surface area contributed by atoms with Gasteiger partial charge in [-0.2, -0.15) is 0 Å². The van der Waals surface area contributed by atoms with Gasteiger partial charge in [-0.3, -0.25) is 10.1 Å². The zero-order valence-electron chi connectivity index (χ0n) is 18.2. The normalized spacial score (nSPS) is 12.4. The smallest absolute Gasteiger partial charge is 0.412 e. The minimum absolute atomic E-state index is 0.133. The second kappa shape index (κ2) is 10.2. The van der Waals surface area contributed by atoms with Crippen molar-refractivity contribution >= 4 is 17.7 Å². The lowest BCUT2D eigenvalue weighted by Crippen LogP contribution is -2.35. The fourth-order valence-electron chi connectivity index (χ4n) is 2.90. The molecule has 0 spiro atoms. The van der Waals surface area contributed by atoms with Gasteiger partial charge in [-0.1, -0.05) is 24.3 Å². The van der Waals surface area contributed by atoms with Crippen LogP contribution in [0.1, 0.15) is 37.9 Å². The quantitative estimate of drug-likeness (QED) is 0.713. The number of ether oxygens (including phenoxy) is 1. The molecule has 2 amide bonds. The summed E-state index contributed by atoms with van der Waals surface area (Å²) in [5.41, 5.74) is 1.64. The Labute approximate surface area is 177 Å². The highest BCUT2D eigenvalue weighted by atomic mass is 19.1. The molecule has 162 valence electrons. The Balaban J connectivity index is 1.89. The average molecular weight is 416 g/mol. The molecule has 6 nitrogen and oxygen atoms in total. The summed E-state index contributed by atoms with van der Waals surface area (Å²) >= 11 is 0. The summed E-state index contributed by atoms with van der Waals surface area (Å²) in [5.74, 6) is -0.433. The number of amides is 2. The lowest BCUT2D eigenvalue weighted by molar-refractivity contribution is -0.120. The number of nitrogens with one attached hydrogen (secondary N) is 2. The van der Waals surface area contributed by atoms with E-state index in [1.54, 1.807) is 51.1 Å². The number of rotatable bonds is 7. The maximum Gasteiger partial charge on any atom is 0.412 e. The van der Waals surface area contributed by atoms with Crippen LogP contribution in [0.5, 0.6) is 0 Å². The van der Waals surface area contributed by atoms with Gasteiger partial charge in [0.15, 0.2) is 0 Å². The predicted molar refractivity (Wildman–Crippen MR) is 116 cm³/mol. The highest BCUT2D eigenvalue weighted by molar-refractivity contribution is 5.85. The number of carbonyl (C=O) groups excluding carboxylic acids is 2. The molecule has 2 rings (SSSR count). The summed E-state index contributed by atoms with van der Waals surface area (Å²) in [6.45, 7) is 5.75. The number of carbonyl (C=O) groups is 2. The van der Waals surface area contributed by atoms with Crippen molar-refractivity contribution < 1.29 is 18.7 Å². The number of hydrogen-bond donors (Lipinski definition) is 2. The van der Waals surface area contributed by atoms with Gasteiger partial charge in [-0.15, -0.1) is 0 Å². The molecular formula is C23H30FN3O3. The molecule has 7 heteroatoms. The molecule has 2 aromatic rings. The molecule has 0 fully saturated rings. The first-order valence-corrected chi connectivity index (χ1v) is 9.81. The molecule has 1 atom stereocenters. The van der Waals surface area contributed by atoms with Crippen LogP contribution in [0.4, 0.5) is 14.9 Å². The van der Waals surface area contributed by atoms with Crippen molar-refractivity contribution in [3.05, 3.63) is 65.5 Å². The largest absolute Gasteiger partial charge is 0.444 e. The minimum atomic E-state index is -0.571. The zero-order valence-corrected chi connectivity index (χ0v) is 18.2. The van der Waals surface area contributed by atoms with Crippen LogP contribution in [0, 0.1) is 5.82 Å². The third-order valence-corrected chi connectivity index (χ3v) is 4.31. The van der Waals surface area contributed by atoms with Crippen LogP contribution in [-0.4, -0.2) is 43.1 Å². The molecule has 0 heterocycles. The molecule has 0 radical (unpaired) electrons. The second-order valence-electron chi connectivity index (χ2n) is 8.34. The van der Waals surface area contributed by atoms with Crippen molar-refractivity contribution in [2.75, 3.05) is 26.0 Å². The lowest BCUT2D eigenvalue weighted by Gasteiger charge is -2.25. The fourth-order valence-corrected chi connectivity index (χ4v) is 2.90. The fraction of sp³-hybridized carbons (Fsp3) is 0.391. The van der Waals surface area contributed by atoms with Gasteiger partial charge in [-0.25, -0.2) is 9.18 Å². The molecule has 0 unspecified atom stereocenters. The molecule has 0 bridgehead atoms. The van der Waals surface area contributed by atoms with E-state index < -0.39 is 11.7 Å². The van der Waals surface area contributed by atoms with Crippen LogP contribution in [0.2, 0.25) is 0 Å². The Hall–Kier alpha value is -2.93. The van der Waals surface area contributed by atoms with Gasteiger partial charge in [0, 0.05) is 12.2 Å². The summed E-state index contributed by atoms with van der Waals surface area (Å²) in [6.07, 6.45) is -0.323. The van der Waals surface area contributed by atoms with Crippen LogP contribution in [-0.2, 0) is 16.0 Å². The van der Waals surface area contributed by atoms with Gasteiger partial charge in [0.25, 0.3) is 0 Å². The maximum atomic E-state index is 13.5. The molecule has 0 aliphatic heterocycles. The van der Waals surface area contributed by atoms with Crippen molar-refractivity contribution in [1.82, 2.24) is 10.2 Å². The molecule has 0 saturated carbocycles. The Morgan fingerprint density at radius 2 is 1.77 bits per heavy atom. The van der Waals surface area contributed by atoms with E-state index in [1.807, 2.05) is 25.1 Å². The van der Waals surface area contributed by atoms with E-state index in [1.165, 1.54) is 12.1 Å². The summed E-state index contributed by atoms with van der Waals surface area (Å²) < 4.78 is 18.7. The van der Waals surface area contributed by atoms with Crippen LogP contribution in [0.3, 0.4) is 0 Å². The van der Waals surface area contributed by atoms with Gasteiger partial charge in [0.1, 0.15) is 11.4 Å². The highest BCUT2D eigenvalue weighted by Gasteiger charge is 2.17. The van der Waals surface area contributed by atoms with E-state index in [4.69, 9.17) is 4.74 Å².